The predicted octanol–water partition coefficient (Wildman–Crippen LogP) is 0.895. The average Bonchev–Trinajstić information content (AvgIpc) is 2.73. The topological polar surface area (TPSA) is 54.5 Å². The Labute approximate surface area is 88.6 Å². The first-order chi connectivity index (χ1) is 7.18. The van der Waals surface area contributed by atoms with Crippen LogP contribution >= 0.6 is 0 Å². The lowest BCUT2D eigenvalue weighted by atomic mass is 10.0. The van der Waals surface area contributed by atoms with Crippen molar-refractivity contribution in [2.45, 2.75) is 38.5 Å². The van der Waals surface area contributed by atoms with Crippen LogP contribution in [0.1, 0.15) is 38.5 Å². The number of ketones is 1. The Kier molecular flexibility index (Phi) is 2.84. The second kappa shape index (κ2) is 4.13. The van der Waals surface area contributed by atoms with Crippen LogP contribution in [0.3, 0.4) is 0 Å². The van der Waals surface area contributed by atoms with Crippen molar-refractivity contribution in [1.82, 2.24) is 4.90 Å². The summed E-state index contributed by atoms with van der Waals surface area (Å²) < 4.78 is 0. The number of hydrogen-bond donors (Lipinski definition) is 0. The normalized spacial score (nSPS) is 26.8. The van der Waals surface area contributed by atoms with Crippen molar-refractivity contribution in [2.24, 2.45) is 5.92 Å². The van der Waals surface area contributed by atoms with Crippen LogP contribution in [0.25, 0.3) is 0 Å². The summed E-state index contributed by atoms with van der Waals surface area (Å²) in [5.74, 6) is 0.233. The molecule has 0 aromatic carbocycles. The molecule has 0 aromatic heterocycles. The van der Waals surface area contributed by atoms with E-state index in [0.29, 0.717) is 38.0 Å². The van der Waals surface area contributed by atoms with Gasteiger partial charge in [-0.25, -0.2) is 0 Å². The molecular formula is C11H15NO3. The van der Waals surface area contributed by atoms with Gasteiger partial charge < -0.3 is 0 Å². The van der Waals surface area contributed by atoms with Gasteiger partial charge in [-0.15, -0.1) is 0 Å². The number of carbonyl (C=O) groups is 3. The van der Waals surface area contributed by atoms with Gasteiger partial charge in [-0.2, -0.15) is 0 Å². The van der Waals surface area contributed by atoms with Crippen molar-refractivity contribution in [3.8, 4) is 0 Å². The second-order valence-corrected chi connectivity index (χ2v) is 4.28. The summed E-state index contributed by atoms with van der Waals surface area (Å²) >= 11 is 0. The minimum atomic E-state index is -0.0783. The molecule has 2 aliphatic rings. The molecule has 1 unspecified atom stereocenters. The molecule has 82 valence electrons. The molecule has 0 N–H and O–H groups in total. The number of amides is 2. The third-order valence-electron chi connectivity index (χ3n) is 3.29. The molecule has 2 fully saturated rings. The van der Waals surface area contributed by atoms with Crippen molar-refractivity contribution >= 4 is 17.6 Å². The molecule has 2 rings (SSSR count). The van der Waals surface area contributed by atoms with E-state index in [0.717, 1.165) is 12.8 Å². The van der Waals surface area contributed by atoms with Crippen molar-refractivity contribution in [3.63, 3.8) is 0 Å². The standard InChI is InChI=1S/C11H15NO3/c13-9-3-1-2-8(9)6-7-12-10(14)4-5-11(12)15/h8H,1-7H2. The van der Waals surface area contributed by atoms with E-state index in [1.807, 2.05) is 0 Å². The Morgan fingerprint density at radius 2 is 1.73 bits per heavy atom. The Morgan fingerprint density at radius 3 is 2.27 bits per heavy atom. The van der Waals surface area contributed by atoms with Crippen LogP contribution in [0.5, 0.6) is 0 Å². The van der Waals surface area contributed by atoms with E-state index in [2.05, 4.69) is 0 Å². The summed E-state index contributed by atoms with van der Waals surface area (Å²) in [7, 11) is 0. The first kappa shape index (κ1) is 10.3. The number of Topliss-reactive ketones (excluding diaryl/α,β-unsaturated/α-hetero) is 1. The maximum absolute atomic E-state index is 11.4. The minimum absolute atomic E-state index is 0.0783. The molecule has 0 aromatic rings. The summed E-state index contributed by atoms with van der Waals surface area (Å²) in [5.41, 5.74) is 0. The van der Waals surface area contributed by atoms with Gasteiger partial charge in [-0.05, 0) is 19.3 Å². The van der Waals surface area contributed by atoms with Crippen LogP contribution in [-0.4, -0.2) is 29.0 Å². The van der Waals surface area contributed by atoms with Gasteiger partial charge in [0.05, 0.1) is 0 Å². The number of hydrogen-bond acceptors (Lipinski definition) is 3. The van der Waals surface area contributed by atoms with Crippen molar-refractivity contribution in [3.05, 3.63) is 0 Å². The van der Waals surface area contributed by atoms with Gasteiger partial charge in [-0.1, -0.05) is 0 Å². The molecule has 1 aliphatic heterocycles. The molecule has 2 amide bonds. The third kappa shape index (κ3) is 2.08. The van der Waals surface area contributed by atoms with Gasteiger partial charge >= 0.3 is 0 Å². The highest BCUT2D eigenvalue weighted by Gasteiger charge is 2.31. The van der Waals surface area contributed by atoms with Crippen LogP contribution < -0.4 is 0 Å². The zero-order valence-corrected chi connectivity index (χ0v) is 8.70. The fraction of sp³-hybridized carbons (Fsp3) is 0.727. The first-order valence-corrected chi connectivity index (χ1v) is 5.54. The fourth-order valence-corrected chi connectivity index (χ4v) is 2.35. The summed E-state index contributed by atoms with van der Waals surface area (Å²) in [6.07, 6.45) is 3.91. The van der Waals surface area contributed by atoms with Crippen LogP contribution in [0.4, 0.5) is 0 Å². The maximum atomic E-state index is 11.4. The van der Waals surface area contributed by atoms with E-state index in [4.69, 9.17) is 0 Å². The van der Waals surface area contributed by atoms with E-state index in [1.54, 1.807) is 0 Å². The SMILES string of the molecule is O=C1CCCC1CCN1C(=O)CCC1=O. The summed E-state index contributed by atoms with van der Waals surface area (Å²) in [5, 5.41) is 0. The molecule has 0 radical (unpaired) electrons. The fourth-order valence-electron chi connectivity index (χ4n) is 2.35. The molecule has 4 nitrogen and oxygen atoms in total. The van der Waals surface area contributed by atoms with Gasteiger partial charge in [0.15, 0.2) is 0 Å². The number of nitrogens with zero attached hydrogens (tertiary/aromatic N) is 1. The number of imide groups is 1. The molecule has 15 heavy (non-hydrogen) atoms. The average molecular weight is 209 g/mol. The highest BCUT2D eigenvalue weighted by atomic mass is 16.2. The Hall–Kier alpha value is -1.19. The molecule has 4 heteroatoms. The van der Waals surface area contributed by atoms with Gasteiger partial charge in [-0.3, -0.25) is 19.3 Å². The Morgan fingerprint density at radius 1 is 1.07 bits per heavy atom. The quantitative estimate of drug-likeness (QED) is 0.649. The zero-order valence-electron chi connectivity index (χ0n) is 8.70. The maximum Gasteiger partial charge on any atom is 0.229 e. The molecule has 0 spiro atoms. The van der Waals surface area contributed by atoms with Gasteiger partial charge in [0.1, 0.15) is 5.78 Å². The lowest BCUT2D eigenvalue weighted by Crippen LogP contribution is -2.31. The molecule has 1 saturated carbocycles. The number of rotatable bonds is 3. The highest BCUT2D eigenvalue weighted by molar-refractivity contribution is 6.01. The largest absolute Gasteiger partial charge is 0.299 e. The van der Waals surface area contributed by atoms with E-state index in [-0.39, 0.29) is 17.7 Å². The lowest BCUT2D eigenvalue weighted by Gasteiger charge is -2.15. The molecule has 1 heterocycles. The van der Waals surface area contributed by atoms with Crippen molar-refractivity contribution < 1.29 is 14.4 Å². The number of likely N-dealkylation sites (tertiary alicyclic amines) is 1. The molecule has 1 atom stereocenters. The van der Waals surface area contributed by atoms with E-state index in [1.165, 1.54) is 4.90 Å². The zero-order chi connectivity index (χ0) is 10.8. The van der Waals surface area contributed by atoms with Crippen molar-refractivity contribution in [2.75, 3.05) is 6.54 Å². The molecule has 1 saturated heterocycles. The molecule has 1 aliphatic carbocycles. The van der Waals surface area contributed by atoms with Crippen molar-refractivity contribution in [1.29, 1.82) is 0 Å². The van der Waals surface area contributed by atoms with E-state index in [9.17, 15) is 14.4 Å². The van der Waals surface area contributed by atoms with Crippen LogP contribution in [0, 0.1) is 5.92 Å². The smallest absolute Gasteiger partial charge is 0.229 e. The number of carbonyl (C=O) groups excluding carboxylic acids is 3. The van der Waals surface area contributed by atoms with Crippen LogP contribution in [0.15, 0.2) is 0 Å². The van der Waals surface area contributed by atoms with Gasteiger partial charge in [0, 0.05) is 31.7 Å². The summed E-state index contributed by atoms with van der Waals surface area (Å²) in [4.78, 5) is 35.2. The molecule has 0 bridgehead atoms. The highest BCUT2D eigenvalue weighted by Crippen LogP contribution is 2.25. The second-order valence-electron chi connectivity index (χ2n) is 4.28. The first-order valence-electron chi connectivity index (χ1n) is 5.54. The summed E-state index contributed by atoms with van der Waals surface area (Å²) in [6, 6.07) is 0. The monoisotopic (exact) mass is 209 g/mol. The molecular weight excluding hydrogens is 194 g/mol. The minimum Gasteiger partial charge on any atom is -0.299 e. The van der Waals surface area contributed by atoms with Gasteiger partial charge in [0.25, 0.3) is 0 Å². The van der Waals surface area contributed by atoms with Gasteiger partial charge in [0.2, 0.25) is 11.8 Å². The third-order valence-corrected chi connectivity index (χ3v) is 3.29. The summed E-state index contributed by atoms with van der Waals surface area (Å²) in [6.45, 7) is 0.439. The van der Waals surface area contributed by atoms with E-state index < -0.39 is 0 Å². The Balaban J connectivity index is 1.84. The predicted molar refractivity (Wildman–Crippen MR) is 52.9 cm³/mol. The Bertz CT molecular complexity index is 295. The van der Waals surface area contributed by atoms with E-state index >= 15 is 0 Å². The lowest BCUT2D eigenvalue weighted by molar-refractivity contribution is -0.139. The van der Waals surface area contributed by atoms with Crippen LogP contribution in [0.2, 0.25) is 0 Å². The van der Waals surface area contributed by atoms with Crippen LogP contribution in [-0.2, 0) is 14.4 Å².